The molecule has 0 aromatic carbocycles. The number of nitrogens with one attached hydrogen (secondary N) is 1. The lowest BCUT2D eigenvalue weighted by molar-refractivity contribution is -0.143. The van der Waals surface area contributed by atoms with E-state index in [-0.39, 0.29) is 48.0 Å². The number of carbonyl (C=O) groups excluding carboxylic acids is 3. The van der Waals surface area contributed by atoms with Crippen molar-refractivity contribution in [3.63, 3.8) is 0 Å². The highest BCUT2D eigenvalue weighted by molar-refractivity contribution is 6.09. The van der Waals surface area contributed by atoms with E-state index in [2.05, 4.69) is 15.5 Å². The van der Waals surface area contributed by atoms with Crippen molar-refractivity contribution in [1.82, 2.24) is 19.5 Å². The fourth-order valence-electron chi connectivity index (χ4n) is 4.51. The average Bonchev–Trinajstić information content (AvgIpc) is 3.36. The van der Waals surface area contributed by atoms with E-state index >= 15 is 0 Å². The molecule has 132 valence electrons. The minimum Gasteiger partial charge on any atom is -0.293 e. The molecule has 2 aliphatic carbocycles. The quantitative estimate of drug-likeness (QED) is 0.651. The number of carbonyl (C=O) groups is 3. The van der Waals surface area contributed by atoms with Gasteiger partial charge in [0.25, 0.3) is 0 Å². The summed E-state index contributed by atoms with van der Waals surface area (Å²) >= 11 is 0. The summed E-state index contributed by atoms with van der Waals surface area (Å²) in [6, 6.07) is 3.73. The van der Waals surface area contributed by atoms with E-state index in [4.69, 9.17) is 0 Å². The standard InChI is InChI=1S/C18H17N5O3/c1-9-4-5-22-12(6-9)20-21-18(22)19-13(24)8-23-16(25)14-10-2-3-11(7-10)15(14)17(23)26/h2-6,10-11,14-15H,7-8H2,1H3,(H,19,21,24). The van der Waals surface area contributed by atoms with Gasteiger partial charge in [0.2, 0.25) is 23.7 Å². The number of imide groups is 1. The molecule has 2 aromatic heterocycles. The SMILES string of the molecule is Cc1ccn2c(NC(=O)CN3C(=O)C4C5C=CC(C5)C4C3=O)nnc2c1. The van der Waals surface area contributed by atoms with Crippen molar-refractivity contribution in [1.29, 1.82) is 0 Å². The number of nitrogens with zero attached hydrogens (tertiary/aromatic N) is 4. The lowest BCUT2D eigenvalue weighted by atomic mass is 9.85. The molecule has 5 rings (SSSR count). The summed E-state index contributed by atoms with van der Waals surface area (Å²) in [5.74, 6) is -0.948. The normalized spacial score (nSPS) is 29.0. The maximum atomic E-state index is 12.6. The van der Waals surface area contributed by atoms with E-state index in [1.165, 1.54) is 0 Å². The minimum atomic E-state index is -0.457. The number of pyridine rings is 1. The van der Waals surface area contributed by atoms with Crippen LogP contribution in [0.2, 0.25) is 0 Å². The monoisotopic (exact) mass is 351 g/mol. The first-order valence-electron chi connectivity index (χ1n) is 8.68. The Kier molecular flexibility index (Phi) is 3.07. The van der Waals surface area contributed by atoms with Gasteiger partial charge in [-0.2, -0.15) is 0 Å². The second-order valence-corrected chi connectivity index (χ2v) is 7.27. The number of hydrogen-bond donors (Lipinski definition) is 1. The Balaban J connectivity index is 1.33. The molecule has 4 unspecified atom stereocenters. The number of allylic oxidation sites excluding steroid dienone is 2. The van der Waals surface area contributed by atoms with Crippen LogP contribution < -0.4 is 5.32 Å². The van der Waals surface area contributed by atoms with Crippen LogP contribution in [0.25, 0.3) is 5.65 Å². The number of amides is 3. The summed E-state index contributed by atoms with van der Waals surface area (Å²) in [5.41, 5.74) is 1.65. The lowest BCUT2D eigenvalue weighted by Crippen LogP contribution is -2.39. The Morgan fingerprint density at radius 3 is 2.58 bits per heavy atom. The first-order valence-corrected chi connectivity index (χ1v) is 8.68. The first-order chi connectivity index (χ1) is 12.5. The molecule has 1 saturated carbocycles. The van der Waals surface area contributed by atoms with Crippen LogP contribution in [-0.2, 0) is 14.4 Å². The molecule has 0 spiro atoms. The fourth-order valence-corrected chi connectivity index (χ4v) is 4.51. The van der Waals surface area contributed by atoms with Gasteiger partial charge in [-0.05, 0) is 42.9 Å². The van der Waals surface area contributed by atoms with Gasteiger partial charge >= 0.3 is 0 Å². The highest BCUT2D eigenvalue weighted by Crippen LogP contribution is 2.52. The van der Waals surface area contributed by atoms with E-state index in [9.17, 15) is 14.4 Å². The van der Waals surface area contributed by atoms with Crippen LogP contribution in [0, 0.1) is 30.6 Å². The predicted octanol–water partition coefficient (Wildman–Crippen LogP) is 0.783. The predicted molar refractivity (Wildman–Crippen MR) is 90.8 cm³/mol. The van der Waals surface area contributed by atoms with Gasteiger partial charge in [0.05, 0.1) is 11.8 Å². The van der Waals surface area contributed by atoms with Crippen molar-refractivity contribution < 1.29 is 14.4 Å². The number of likely N-dealkylation sites (tertiary alicyclic amines) is 1. The number of aryl methyl sites for hydroxylation is 1. The van der Waals surface area contributed by atoms with E-state index in [0.717, 1.165) is 16.9 Å². The average molecular weight is 351 g/mol. The van der Waals surface area contributed by atoms with Gasteiger partial charge in [-0.3, -0.25) is 29.0 Å². The van der Waals surface area contributed by atoms with Gasteiger partial charge in [-0.1, -0.05) is 12.2 Å². The number of anilines is 1. The Morgan fingerprint density at radius 1 is 1.19 bits per heavy atom. The van der Waals surface area contributed by atoms with Crippen LogP contribution in [0.15, 0.2) is 30.5 Å². The number of fused-ring (bicyclic) bond motifs is 6. The Labute approximate surface area is 148 Å². The van der Waals surface area contributed by atoms with E-state index in [1.807, 2.05) is 31.2 Å². The largest absolute Gasteiger partial charge is 0.293 e. The molecule has 26 heavy (non-hydrogen) atoms. The molecule has 3 heterocycles. The van der Waals surface area contributed by atoms with Crippen molar-refractivity contribution in [2.75, 3.05) is 11.9 Å². The zero-order valence-corrected chi connectivity index (χ0v) is 14.1. The zero-order chi connectivity index (χ0) is 18.0. The molecule has 2 aromatic rings. The lowest BCUT2D eigenvalue weighted by Gasteiger charge is -2.16. The summed E-state index contributed by atoms with van der Waals surface area (Å²) in [6.45, 7) is 1.65. The van der Waals surface area contributed by atoms with Gasteiger partial charge in [-0.15, -0.1) is 10.2 Å². The van der Waals surface area contributed by atoms with Gasteiger partial charge in [0.1, 0.15) is 6.54 Å². The number of rotatable bonds is 3. The highest BCUT2D eigenvalue weighted by atomic mass is 16.2. The van der Waals surface area contributed by atoms with Crippen LogP contribution in [0.3, 0.4) is 0 Å². The van der Waals surface area contributed by atoms with Crippen LogP contribution in [0.4, 0.5) is 5.95 Å². The molecule has 1 aliphatic heterocycles. The van der Waals surface area contributed by atoms with Crippen molar-refractivity contribution >= 4 is 29.3 Å². The van der Waals surface area contributed by atoms with Crippen molar-refractivity contribution in [2.45, 2.75) is 13.3 Å². The maximum absolute atomic E-state index is 12.6. The maximum Gasteiger partial charge on any atom is 0.246 e. The van der Waals surface area contributed by atoms with Crippen LogP contribution >= 0.6 is 0 Å². The highest BCUT2D eigenvalue weighted by Gasteiger charge is 2.59. The minimum absolute atomic E-state index is 0.137. The molecule has 1 saturated heterocycles. The van der Waals surface area contributed by atoms with E-state index in [0.29, 0.717) is 5.65 Å². The molecule has 4 atom stereocenters. The van der Waals surface area contributed by atoms with E-state index < -0.39 is 5.91 Å². The first kappa shape index (κ1) is 15.2. The molecule has 2 bridgehead atoms. The summed E-state index contributed by atoms with van der Waals surface area (Å²) < 4.78 is 1.65. The van der Waals surface area contributed by atoms with Gasteiger partial charge in [-0.25, -0.2) is 0 Å². The number of hydrogen-bond acceptors (Lipinski definition) is 5. The van der Waals surface area contributed by atoms with Crippen molar-refractivity contribution in [3.05, 3.63) is 36.0 Å². The Bertz CT molecular complexity index is 964. The van der Waals surface area contributed by atoms with Gasteiger partial charge in [0, 0.05) is 6.20 Å². The van der Waals surface area contributed by atoms with E-state index in [1.54, 1.807) is 10.6 Å². The zero-order valence-electron chi connectivity index (χ0n) is 14.1. The molecule has 2 fully saturated rings. The molecule has 3 aliphatic rings. The summed E-state index contributed by atoms with van der Waals surface area (Å²) in [7, 11) is 0. The Morgan fingerprint density at radius 2 is 1.88 bits per heavy atom. The Hall–Kier alpha value is -3.03. The fraction of sp³-hybridized carbons (Fsp3) is 0.389. The second kappa shape index (κ2) is 5.23. The molecular weight excluding hydrogens is 334 g/mol. The third-order valence-electron chi connectivity index (χ3n) is 5.68. The van der Waals surface area contributed by atoms with Crippen LogP contribution in [-0.4, -0.2) is 43.8 Å². The summed E-state index contributed by atoms with van der Waals surface area (Å²) in [5, 5.41) is 10.6. The van der Waals surface area contributed by atoms with Crippen molar-refractivity contribution in [3.8, 4) is 0 Å². The van der Waals surface area contributed by atoms with Crippen LogP contribution in [0.1, 0.15) is 12.0 Å². The van der Waals surface area contributed by atoms with Gasteiger partial charge < -0.3 is 0 Å². The topological polar surface area (TPSA) is 96.7 Å². The molecule has 8 nitrogen and oxygen atoms in total. The molecule has 8 heteroatoms. The molecular formula is C18H17N5O3. The summed E-state index contributed by atoms with van der Waals surface area (Å²) in [4.78, 5) is 38.8. The number of aromatic nitrogens is 3. The summed E-state index contributed by atoms with van der Waals surface area (Å²) in [6.07, 6.45) is 6.70. The van der Waals surface area contributed by atoms with Gasteiger partial charge in [0.15, 0.2) is 5.65 Å². The van der Waals surface area contributed by atoms with Crippen LogP contribution in [0.5, 0.6) is 0 Å². The second-order valence-electron chi connectivity index (χ2n) is 7.27. The third kappa shape index (κ3) is 2.04. The molecule has 1 N–H and O–H groups in total. The third-order valence-corrected chi connectivity index (χ3v) is 5.68. The molecule has 0 radical (unpaired) electrons. The molecule has 3 amide bonds. The van der Waals surface area contributed by atoms with Crippen molar-refractivity contribution in [2.24, 2.45) is 23.7 Å². The smallest absolute Gasteiger partial charge is 0.246 e.